The molecule has 0 atom stereocenters. The van der Waals surface area contributed by atoms with E-state index < -0.39 is 5.97 Å². The molecule has 0 bridgehead atoms. The summed E-state index contributed by atoms with van der Waals surface area (Å²) >= 11 is 1.26. The molecule has 132 valence electrons. The molecule has 3 aromatic rings. The highest BCUT2D eigenvalue weighted by Gasteiger charge is 2.19. The summed E-state index contributed by atoms with van der Waals surface area (Å²) in [6, 6.07) is 16.3. The Morgan fingerprint density at radius 1 is 1.04 bits per heavy atom. The number of esters is 1. The van der Waals surface area contributed by atoms with Crippen molar-refractivity contribution in [2.45, 2.75) is 6.92 Å². The molecule has 2 aromatic carbocycles. The van der Waals surface area contributed by atoms with E-state index in [0.717, 1.165) is 10.6 Å². The first-order chi connectivity index (χ1) is 12.6. The first-order valence-corrected chi connectivity index (χ1v) is 8.77. The predicted molar refractivity (Wildman–Crippen MR) is 99.9 cm³/mol. The maximum absolute atomic E-state index is 12.3. The zero-order valence-electron chi connectivity index (χ0n) is 14.4. The van der Waals surface area contributed by atoms with Crippen LogP contribution in [0.2, 0.25) is 0 Å². The zero-order valence-corrected chi connectivity index (χ0v) is 15.2. The number of hydrogen-bond donors (Lipinski definition) is 0. The van der Waals surface area contributed by atoms with Crippen molar-refractivity contribution in [3.05, 3.63) is 70.7 Å². The number of benzene rings is 2. The lowest BCUT2D eigenvalue weighted by molar-refractivity contribution is 0.0478. The zero-order chi connectivity index (χ0) is 18.5. The highest BCUT2D eigenvalue weighted by Crippen LogP contribution is 2.28. The monoisotopic (exact) mass is 367 g/mol. The van der Waals surface area contributed by atoms with Gasteiger partial charge in [0.05, 0.1) is 12.8 Å². The molecular weight excluding hydrogens is 350 g/mol. The van der Waals surface area contributed by atoms with Crippen molar-refractivity contribution < 1.29 is 19.1 Å². The van der Waals surface area contributed by atoms with Gasteiger partial charge in [-0.1, -0.05) is 30.3 Å². The molecule has 6 heteroatoms. The maximum atomic E-state index is 12.3. The van der Waals surface area contributed by atoms with Gasteiger partial charge in [-0.25, -0.2) is 9.78 Å². The van der Waals surface area contributed by atoms with Crippen LogP contribution < -0.4 is 4.74 Å². The Morgan fingerprint density at radius 3 is 2.38 bits per heavy atom. The van der Waals surface area contributed by atoms with Gasteiger partial charge in [-0.05, 0) is 31.2 Å². The highest BCUT2D eigenvalue weighted by atomic mass is 32.1. The van der Waals surface area contributed by atoms with E-state index in [-0.39, 0.29) is 12.4 Å². The van der Waals surface area contributed by atoms with Crippen molar-refractivity contribution in [1.29, 1.82) is 0 Å². The van der Waals surface area contributed by atoms with Gasteiger partial charge in [0.15, 0.2) is 12.4 Å². The second kappa shape index (κ2) is 7.93. The minimum absolute atomic E-state index is 0.272. The Balaban J connectivity index is 1.66. The molecule has 0 aliphatic heterocycles. The summed E-state index contributed by atoms with van der Waals surface area (Å²) in [5.41, 5.74) is 1.99. The number of methoxy groups -OCH3 is 1. The smallest absolute Gasteiger partial charge is 0.350 e. The number of aryl methyl sites for hydroxylation is 1. The summed E-state index contributed by atoms with van der Waals surface area (Å²) < 4.78 is 10.2. The van der Waals surface area contributed by atoms with Crippen molar-refractivity contribution in [2.75, 3.05) is 13.7 Å². The van der Waals surface area contributed by atoms with Gasteiger partial charge < -0.3 is 9.47 Å². The average molecular weight is 367 g/mol. The van der Waals surface area contributed by atoms with Crippen LogP contribution in [0.3, 0.4) is 0 Å². The van der Waals surface area contributed by atoms with Gasteiger partial charge >= 0.3 is 5.97 Å². The standard InChI is InChI=1S/C20H17NO4S/c1-13-18(26-19(21-13)15-6-4-3-5-7-15)20(23)25-12-17(22)14-8-10-16(24-2)11-9-14/h3-11H,12H2,1-2H3. The average Bonchev–Trinajstić information content (AvgIpc) is 3.08. The predicted octanol–water partition coefficient (Wildman–Crippen LogP) is 4.17. The van der Waals surface area contributed by atoms with E-state index in [2.05, 4.69) is 4.98 Å². The van der Waals surface area contributed by atoms with Crippen molar-refractivity contribution >= 4 is 23.1 Å². The fourth-order valence-electron chi connectivity index (χ4n) is 2.35. The van der Waals surface area contributed by atoms with Gasteiger partial charge in [0.25, 0.3) is 0 Å². The molecule has 0 aliphatic rings. The molecule has 0 radical (unpaired) electrons. The Morgan fingerprint density at radius 2 is 1.73 bits per heavy atom. The Hall–Kier alpha value is -2.99. The van der Waals surface area contributed by atoms with Crippen LogP contribution in [0, 0.1) is 6.92 Å². The number of carbonyl (C=O) groups excluding carboxylic acids is 2. The molecule has 0 spiro atoms. The molecule has 26 heavy (non-hydrogen) atoms. The van der Waals surface area contributed by atoms with Crippen LogP contribution in [0.15, 0.2) is 54.6 Å². The number of ketones is 1. The molecule has 0 amide bonds. The van der Waals surface area contributed by atoms with Crippen LogP contribution >= 0.6 is 11.3 Å². The molecule has 1 aromatic heterocycles. The number of hydrogen-bond acceptors (Lipinski definition) is 6. The van der Waals surface area contributed by atoms with E-state index in [0.29, 0.717) is 21.9 Å². The number of carbonyl (C=O) groups is 2. The van der Waals surface area contributed by atoms with E-state index in [4.69, 9.17) is 9.47 Å². The van der Waals surface area contributed by atoms with E-state index in [1.54, 1.807) is 38.3 Å². The Bertz CT molecular complexity index is 917. The van der Waals surface area contributed by atoms with Crippen molar-refractivity contribution in [1.82, 2.24) is 4.98 Å². The molecule has 3 rings (SSSR count). The molecular formula is C20H17NO4S. The number of thiazole rings is 1. The van der Waals surface area contributed by atoms with Crippen molar-refractivity contribution in [2.24, 2.45) is 0 Å². The molecule has 0 saturated heterocycles. The van der Waals surface area contributed by atoms with Crippen LogP contribution in [0.1, 0.15) is 25.7 Å². The van der Waals surface area contributed by atoms with Crippen molar-refractivity contribution in [3.63, 3.8) is 0 Å². The Labute approximate surface area is 155 Å². The third-order valence-electron chi connectivity index (χ3n) is 3.75. The van der Waals surface area contributed by atoms with Gasteiger partial charge in [-0.2, -0.15) is 0 Å². The summed E-state index contributed by atoms with van der Waals surface area (Å²) in [6.07, 6.45) is 0. The number of rotatable bonds is 6. The number of aromatic nitrogens is 1. The fraction of sp³-hybridized carbons (Fsp3) is 0.150. The van der Waals surface area contributed by atoms with Gasteiger partial charge in [-0.3, -0.25) is 4.79 Å². The highest BCUT2D eigenvalue weighted by molar-refractivity contribution is 7.17. The second-order valence-corrected chi connectivity index (χ2v) is 6.53. The van der Waals surface area contributed by atoms with E-state index in [1.165, 1.54) is 11.3 Å². The van der Waals surface area contributed by atoms with Gasteiger partial charge in [0.2, 0.25) is 0 Å². The third-order valence-corrected chi connectivity index (χ3v) is 4.94. The van der Waals surface area contributed by atoms with Gasteiger partial charge in [0.1, 0.15) is 15.6 Å². The SMILES string of the molecule is COc1ccc(C(=O)COC(=O)c2sc(-c3ccccc3)nc2C)cc1. The summed E-state index contributed by atoms with van der Waals surface area (Å²) in [5.74, 6) is -0.150. The van der Waals surface area contributed by atoms with E-state index in [1.807, 2.05) is 30.3 Å². The quantitative estimate of drug-likeness (QED) is 0.483. The molecule has 1 heterocycles. The lowest BCUT2D eigenvalue weighted by Crippen LogP contribution is -2.14. The largest absolute Gasteiger partial charge is 0.497 e. The molecule has 0 saturated carbocycles. The maximum Gasteiger partial charge on any atom is 0.350 e. The fourth-order valence-corrected chi connectivity index (χ4v) is 3.31. The van der Waals surface area contributed by atoms with Crippen LogP contribution in [-0.4, -0.2) is 30.5 Å². The normalized spacial score (nSPS) is 10.4. The molecule has 0 N–H and O–H groups in total. The molecule has 0 aliphatic carbocycles. The molecule has 0 unspecified atom stereocenters. The Kier molecular flexibility index (Phi) is 5.43. The van der Waals surface area contributed by atoms with Gasteiger partial charge in [0, 0.05) is 11.1 Å². The molecule has 0 fully saturated rings. The first-order valence-electron chi connectivity index (χ1n) is 7.95. The first kappa shape index (κ1) is 17.8. The van der Waals surface area contributed by atoms with E-state index in [9.17, 15) is 9.59 Å². The lowest BCUT2D eigenvalue weighted by Gasteiger charge is -2.04. The topological polar surface area (TPSA) is 65.5 Å². The number of ether oxygens (including phenoxy) is 2. The van der Waals surface area contributed by atoms with Crippen LogP contribution in [0.4, 0.5) is 0 Å². The van der Waals surface area contributed by atoms with Crippen LogP contribution in [-0.2, 0) is 4.74 Å². The third kappa shape index (κ3) is 3.97. The van der Waals surface area contributed by atoms with E-state index >= 15 is 0 Å². The summed E-state index contributed by atoms with van der Waals surface area (Å²) in [7, 11) is 1.56. The van der Waals surface area contributed by atoms with Crippen LogP contribution in [0.5, 0.6) is 5.75 Å². The van der Waals surface area contributed by atoms with Gasteiger partial charge in [-0.15, -0.1) is 11.3 Å². The summed E-state index contributed by atoms with van der Waals surface area (Å²) in [4.78, 5) is 29.3. The summed E-state index contributed by atoms with van der Waals surface area (Å²) in [5, 5.41) is 0.747. The minimum Gasteiger partial charge on any atom is -0.497 e. The number of nitrogens with zero attached hydrogens (tertiary/aromatic N) is 1. The molecule has 5 nitrogen and oxygen atoms in total. The van der Waals surface area contributed by atoms with Crippen molar-refractivity contribution in [3.8, 4) is 16.3 Å². The lowest BCUT2D eigenvalue weighted by atomic mass is 10.1. The second-order valence-electron chi connectivity index (χ2n) is 5.53. The van der Waals surface area contributed by atoms with Crippen LogP contribution in [0.25, 0.3) is 10.6 Å². The number of Topliss-reactive ketones (excluding diaryl/α,β-unsaturated/α-hetero) is 1. The summed E-state index contributed by atoms with van der Waals surface area (Å²) in [6.45, 7) is 1.44. The minimum atomic E-state index is -0.538.